The standard InChI is InChI=1S/C23H18ClNO3S2/c1-3-28-23(27)18-16(14-7-5-4-6-8-14)12-29-22(18)25-21(26)20-19(24)15-10-9-13(2)11-17(15)30-20/h4-12H,3H2,1-2H3,(H,25,26). The summed E-state index contributed by atoms with van der Waals surface area (Å²) in [5, 5.41) is 6.45. The first-order chi connectivity index (χ1) is 14.5. The van der Waals surface area contributed by atoms with Gasteiger partial charge in [0.15, 0.2) is 0 Å². The molecule has 1 N–H and O–H groups in total. The van der Waals surface area contributed by atoms with Crippen molar-refractivity contribution in [2.45, 2.75) is 13.8 Å². The molecule has 0 fully saturated rings. The van der Waals surface area contributed by atoms with Crippen molar-refractivity contribution in [3.8, 4) is 11.1 Å². The van der Waals surface area contributed by atoms with Crippen molar-refractivity contribution in [1.29, 1.82) is 0 Å². The lowest BCUT2D eigenvalue weighted by Gasteiger charge is -2.08. The van der Waals surface area contributed by atoms with E-state index < -0.39 is 5.97 Å². The largest absolute Gasteiger partial charge is 0.462 e. The second kappa shape index (κ2) is 8.60. The number of thiophene rings is 2. The Kier molecular flexibility index (Phi) is 5.90. The highest BCUT2D eigenvalue weighted by molar-refractivity contribution is 7.22. The van der Waals surface area contributed by atoms with Crippen LogP contribution >= 0.6 is 34.3 Å². The van der Waals surface area contributed by atoms with Gasteiger partial charge in [-0.1, -0.05) is 54.1 Å². The van der Waals surface area contributed by atoms with Gasteiger partial charge < -0.3 is 10.1 Å². The van der Waals surface area contributed by atoms with E-state index in [1.165, 1.54) is 22.7 Å². The van der Waals surface area contributed by atoms with Crippen LogP contribution in [0.5, 0.6) is 0 Å². The molecule has 30 heavy (non-hydrogen) atoms. The van der Waals surface area contributed by atoms with Gasteiger partial charge in [0.1, 0.15) is 15.4 Å². The van der Waals surface area contributed by atoms with E-state index >= 15 is 0 Å². The maximum atomic E-state index is 13.0. The molecule has 0 aliphatic heterocycles. The Morgan fingerprint density at radius 3 is 2.63 bits per heavy atom. The number of anilines is 1. The Hall–Kier alpha value is -2.67. The lowest BCUT2D eigenvalue weighted by atomic mass is 10.0. The van der Waals surface area contributed by atoms with E-state index in [1.54, 1.807) is 6.92 Å². The molecule has 1 amide bonds. The zero-order chi connectivity index (χ0) is 21.3. The van der Waals surface area contributed by atoms with Crippen LogP contribution < -0.4 is 5.32 Å². The number of nitrogens with one attached hydrogen (secondary N) is 1. The Morgan fingerprint density at radius 2 is 1.90 bits per heavy atom. The molecule has 7 heteroatoms. The number of ether oxygens (including phenoxy) is 1. The second-order valence-electron chi connectivity index (χ2n) is 6.64. The molecule has 4 nitrogen and oxygen atoms in total. The number of carbonyl (C=O) groups excluding carboxylic acids is 2. The summed E-state index contributed by atoms with van der Waals surface area (Å²) in [5.41, 5.74) is 3.07. The highest BCUT2D eigenvalue weighted by Crippen LogP contribution is 2.39. The first kappa shape index (κ1) is 20.6. The molecular formula is C23H18ClNO3S2. The zero-order valence-electron chi connectivity index (χ0n) is 16.3. The maximum absolute atomic E-state index is 13.0. The summed E-state index contributed by atoms with van der Waals surface area (Å²) in [5.74, 6) is -0.808. The number of esters is 1. The van der Waals surface area contributed by atoms with Crippen molar-refractivity contribution in [1.82, 2.24) is 0 Å². The number of benzene rings is 2. The molecule has 2 heterocycles. The number of halogens is 1. The average molecular weight is 456 g/mol. The molecule has 152 valence electrons. The first-order valence-corrected chi connectivity index (χ1v) is 11.4. The Bertz CT molecular complexity index is 1240. The van der Waals surface area contributed by atoms with Crippen LogP contribution in [0, 0.1) is 6.92 Å². The molecule has 0 radical (unpaired) electrons. The van der Waals surface area contributed by atoms with E-state index in [-0.39, 0.29) is 12.5 Å². The van der Waals surface area contributed by atoms with Gasteiger partial charge in [-0.2, -0.15) is 0 Å². The minimum atomic E-state index is -0.467. The summed E-state index contributed by atoms with van der Waals surface area (Å²) in [4.78, 5) is 26.1. The third-order valence-electron chi connectivity index (χ3n) is 4.57. The van der Waals surface area contributed by atoms with E-state index in [9.17, 15) is 9.59 Å². The number of hydrogen-bond acceptors (Lipinski definition) is 5. The van der Waals surface area contributed by atoms with E-state index in [1.807, 2.05) is 60.8 Å². The molecule has 2 aromatic carbocycles. The van der Waals surface area contributed by atoms with Crippen molar-refractivity contribution < 1.29 is 14.3 Å². The highest BCUT2D eigenvalue weighted by atomic mass is 35.5. The number of amides is 1. The van der Waals surface area contributed by atoms with Crippen LogP contribution in [0.4, 0.5) is 5.00 Å². The molecule has 0 saturated carbocycles. The molecule has 4 aromatic rings. The molecule has 0 aliphatic rings. The predicted molar refractivity (Wildman–Crippen MR) is 125 cm³/mol. The van der Waals surface area contributed by atoms with Crippen molar-refractivity contribution in [3.63, 3.8) is 0 Å². The Morgan fingerprint density at radius 1 is 1.13 bits per heavy atom. The summed E-state index contributed by atoms with van der Waals surface area (Å²) in [7, 11) is 0. The van der Waals surface area contributed by atoms with Gasteiger partial charge in [0.2, 0.25) is 0 Å². The van der Waals surface area contributed by atoms with Crippen LogP contribution in [0.15, 0.2) is 53.9 Å². The molecule has 0 unspecified atom stereocenters. The molecule has 0 saturated heterocycles. The summed E-state index contributed by atoms with van der Waals surface area (Å²) in [6, 6.07) is 15.4. The monoisotopic (exact) mass is 455 g/mol. The molecular weight excluding hydrogens is 438 g/mol. The number of carbonyl (C=O) groups is 2. The van der Waals surface area contributed by atoms with E-state index in [0.29, 0.717) is 20.5 Å². The van der Waals surface area contributed by atoms with Gasteiger partial charge >= 0.3 is 5.97 Å². The summed E-state index contributed by atoms with van der Waals surface area (Å²) in [6.45, 7) is 4.00. The fourth-order valence-electron chi connectivity index (χ4n) is 3.16. The SMILES string of the molecule is CCOC(=O)c1c(-c2ccccc2)csc1NC(=O)c1sc2cc(C)ccc2c1Cl. The third-order valence-corrected chi connectivity index (χ3v) is 7.13. The van der Waals surface area contributed by atoms with Gasteiger partial charge in [-0.3, -0.25) is 4.79 Å². The summed E-state index contributed by atoms with van der Waals surface area (Å²) < 4.78 is 6.21. The first-order valence-electron chi connectivity index (χ1n) is 9.33. The fraction of sp³-hybridized carbons (Fsp3) is 0.130. The molecule has 0 spiro atoms. The molecule has 2 aromatic heterocycles. The molecule has 0 bridgehead atoms. The number of aryl methyl sites for hydroxylation is 1. The third kappa shape index (κ3) is 3.86. The number of hydrogen-bond donors (Lipinski definition) is 1. The zero-order valence-corrected chi connectivity index (χ0v) is 18.7. The highest BCUT2D eigenvalue weighted by Gasteiger charge is 2.25. The second-order valence-corrected chi connectivity index (χ2v) is 8.95. The summed E-state index contributed by atoms with van der Waals surface area (Å²) >= 11 is 9.11. The minimum Gasteiger partial charge on any atom is -0.462 e. The van der Waals surface area contributed by atoms with Crippen LogP contribution in [-0.4, -0.2) is 18.5 Å². The normalized spacial score (nSPS) is 10.9. The van der Waals surface area contributed by atoms with Gasteiger partial charge in [-0.05, 0) is 31.0 Å². The van der Waals surface area contributed by atoms with Crippen molar-refractivity contribution in [2.24, 2.45) is 0 Å². The topological polar surface area (TPSA) is 55.4 Å². The van der Waals surface area contributed by atoms with Crippen LogP contribution in [0.25, 0.3) is 21.2 Å². The van der Waals surface area contributed by atoms with Crippen LogP contribution in [0.2, 0.25) is 5.02 Å². The lowest BCUT2D eigenvalue weighted by molar-refractivity contribution is 0.0529. The quantitative estimate of drug-likeness (QED) is 0.329. The molecule has 4 rings (SSSR count). The average Bonchev–Trinajstić information content (AvgIpc) is 3.30. The van der Waals surface area contributed by atoms with E-state index in [2.05, 4.69) is 5.32 Å². The Labute approximate surface area is 187 Å². The van der Waals surface area contributed by atoms with Crippen LogP contribution in [0.1, 0.15) is 32.5 Å². The smallest absolute Gasteiger partial charge is 0.341 e. The van der Waals surface area contributed by atoms with Gasteiger partial charge in [0.25, 0.3) is 5.91 Å². The number of rotatable bonds is 5. The maximum Gasteiger partial charge on any atom is 0.341 e. The molecule has 0 atom stereocenters. The minimum absolute atomic E-state index is 0.248. The predicted octanol–water partition coefficient (Wildman–Crippen LogP) is 7.02. The van der Waals surface area contributed by atoms with E-state index in [4.69, 9.17) is 16.3 Å². The number of fused-ring (bicyclic) bond motifs is 1. The Balaban J connectivity index is 1.72. The van der Waals surface area contributed by atoms with Gasteiger partial charge in [0.05, 0.1) is 11.6 Å². The van der Waals surface area contributed by atoms with Gasteiger partial charge in [-0.15, -0.1) is 22.7 Å². The summed E-state index contributed by atoms with van der Waals surface area (Å²) in [6.07, 6.45) is 0. The van der Waals surface area contributed by atoms with Crippen LogP contribution in [0.3, 0.4) is 0 Å². The van der Waals surface area contributed by atoms with Crippen LogP contribution in [-0.2, 0) is 4.74 Å². The van der Waals surface area contributed by atoms with Crippen molar-refractivity contribution in [2.75, 3.05) is 11.9 Å². The van der Waals surface area contributed by atoms with Gasteiger partial charge in [0, 0.05) is 21.0 Å². The van der Waals surface area contributed by atoms with E-state index in [0.717, 1.165) is 26.8 Å². The lowest BCUT2D eigenvalue weighted by Crippen LogP contribution is -2.14. The fourth-order valence-corrected chi connectivity index (χ4v) is 5.63. The van der Waals surface area contributed by atoms with Crippen molar-refractivity contribution >= 4 is 61.2 Å². The van der Waals surface area contributed by atoms with Gasteiger partial charge in [-0.25, -0.2) is 4.79 Å². The van der Waals surface area contributed by atoms with Crippen molar-refractivity contribution in [3.05, 3.63) is 74.9 Å². The molecule has 0 aliphatic carbocycles.